The van der Waals surface area contributed by atoms with Gasteiger partial charge in [-0.3, -0.25) is 0 Å². The van der Waals surface area contributed by atoms with E-state index in [4.69, 9.17) is 14.2 Å². The number of ether oxygens (including phenoxy) is 3. The summed E-state index contributed by atoms with van der Waals surface area (Å²) in [5, 5.41) is 23.2. The first kappa shape index (κ1) is 20.0. The summed E-state index contributed by atoms with van der Waals surface area (Å²) in [7, 11) is 0. The van der Waals surface area contributed by atoms with Gasteiger partial charge in [-0.2, -0.15) is 0 Å². The van der Waals surface area contributed by atoms with Crippen LogP contribution in [-0.4, -0.2) is 42.2 Å². The number of hydrogen-bond acceptors (Lipinski definition) is 6. The van der Waals surface area contributed by atoms with Crippen molar-refractivity contribution >= 4 is 6.09 Å². The van der Waals surface area contributed by atoms with Gasteiger partial charge in [-0.15, -0.1) is 0 Å². The third-order valence-electron chi connectivity index (χ3n) is 4.40. The predicted molar refractivity (Wildman–Crippen MR) is 102 cm³/mol. The second kappa shape index (κ2) is 9.96. The Hall–Kier alpha value is -2.77. The largest absolute Gasteiger partial charge is 0.490 e. The first-order valence-corrected chi connectivity index (χ1v) is 9.34. The third kappa shape index (κ3) is 5.61. The summed E-state index contributed by atoms with van der Waals surface area (Å²) in [6.07, 6.45) is -1.74. The lowest BCUT2D eigenvalue weighted by atomic mass is 10.0. The van der Waals surface area contributed by atoms with Crippen molar-refractivity contribution in [2.75, 3.05) is 19.8 Å². The Morgan fingerprint density at radius 1 is 1.07 bits per heavy atom. The van der Waals surface area contributed by atoms with Crippen molar-refractivity contribution in [2.24, 2.45) is 0 Å². The van der Waals surface area contributed by atoms with Crippen molar-refractivity contribution in [2.45, 2.75) is 31.7 Å². The van der Waals surface area contributed by atoms with Crippen molar-refractivity contribution in [1.82, 2.24) is 5.32 Å². The molecule has 3 N–H and O–H groups in total. The maximum Gasteiger partial charge on any atom is 0.407 e. The zero-order chi connectivity index (χ0) is 19.8. The van der Waals surface area contributed by atoms with E-state index in [1.165, 1.54) is 0 Å². The van der Waals surface area contributed by atoms with Crippen molar-refractivity contribution in [3.05, 3.63) is 59.7 Å². The molecule has 28 heavy (non-hydrogen) atoms. The number of hydrogen-bond donors (Lipinski definition) is 3. The summed E-state index contributed by atoms with van der Waals surface area (Å²) in [6.45, 7) is 1.49. The minimum absolute atomic E-state index is 0.176. The molecule has 0 saturated heterocycles. The fourth-order valence-electron chi connectivity index (χ4n) is 2.84. The number of amides is 1. The first-order chi connectivity index (χ1) is 13.6. The van der Waals surface area contributed by atoms with Crippen LogP contribution in [0.25, 0.3) is 0 Å². The van der Waals surface area contributed by atoms with Crippen molar-refractivity contribution in [1.29, 1.82) is 0 Å². The molecule has 2 aromatic rings. The van der Waals surface area contributed by atoms with Crippen LogP contribution in [0.1, 0.15) is 30.1 Å². The molecule has 0 aromatic heterocycles. The standard InChI is InChI=1S/C21H25NO6/c23-17(9-10-22-21(25)28-14-15-5-2-1-3-6-15)20(24)16-7-8-18-19(13-16)27-12-4-11-26-18/h1-3,5-8,13,17,20,23-24H,4,9-12,14H2,(H,22,25). The van der Waals surface area contributed by atoms with Gasteiger partial charge in [0.2, 0.25) is 0 Å². The molecule has 0 spiro atoms. The Bertz CT molecular complexity index is 767. The van der Waals surface area contributed by atoms with Gasteiger partial charge in [0.1, 0.15) is 12.7 Å². The van der Waals surface area contributed by atoms with Gasteiger partial charge in [-0.05, 0) is 29.7 Å². The maximum absolute atomic E-state index is 11.7. The number of benzene rings is 2. The Labute approximate surface area is 163 Å². The quantitative estimate of drug-likeness (QED) is 0.676. The van der Waals surface area contributed by atoms with E-state index >= 15 is 0 Å². The minimum atomic E-state index is -1.10. The van der Waals surface area contributed by atoms with Crippen LogP contribution in [0.2, 0.25) is 0 Å². The molecule has 1 aliphatic heterocycles. The molecule has 0 fully saturated rings. The Kier molecular flexibility index (Phi) is 7.11. The summed E-state index contributed by atoms with van der Waals surface area (Å²) in [5.74, 6) is 1.19. The number of carbonyl (C=O) groups is 1. The fourth-order valence-corrected chi connectivity index (χ4v) is 2.84. The number of nitrogens with one attached hydrogen (secondary N) is 1. The predicted octanol–water partition coefficient (Wildman–Crippen LogP) is 2.56. The Morgan fingerprint density at radius 3 is 2.61 bits per heavy atom. The lowest BCUT2D eigenvalue weighted by Gasteiger charge is -2.19. The van der Waals surface area contributed by atoms with Crippen molar-refractivity contribution in [3.63, 3.8) is 0 Å². The number of rotatable bonds is 7. The van der Waals surface area contributed by atoms with E-state index in [0.717, 1.165) is 12.0 Å². The number of carbonyl (C=O) groups excluding carboxylic acids is 1. The lowest BCUT2D eigenvalue weighted by molar-refractivity contribution is 0.0135. The van der Waals surface area contributed by atoms with Gasteiger partial charge in [0.25, 0.3) is 0 Å². The van der Waals surface area contributed by atoms with Gasteiger partial charge in [0.05, 0.1) is 19.3 Å². The highest BCUT2D eigenvalue weighted by molar-refractivity contribution is 5.67. The van der Waals surface area contributed by atoms with Gasteiger partial charge >= 0.3 is 6.09 Å². The van der Waals surface area contributed by atoms with Gasteiger partial charge in [0.15, 0.2) is 11.5 Å². The molecule has 1 aliphatic rings. The van der Waals surface area contributed by atoms with Crippen LogP contribution >= 0.6 is 0 Å². The summed E-state index contributed by atoms with van der Waals surface area (Å²) in [4.78, 5) is 11.7. The molecule has 0 aliphatic carbocycles. The molecule has 0 saturated carbocycles. The Balaban J connectivity index is 1.43. The van der Waals surface area contributed by atoms with Crippen LogP contribution in [0, 0.1) is 0 Å². The van der Waals surface area contributed by atoms with Gasteiger partial charge in [-0.25, -0.2) is 4.79 Å². The van der Waals surface area contributed by atoms with E-state index in [1.807, 2.05) is 30.3 Å². The molecular formula is C21H25NO6. The van der Waals surface area contributed by atoms with Crippen LogP contribution in [0.15, 0.2) is 48.5 Å². The van der Waals surface area contributed by atoms with Crippen molar-refractivity contribution in [3.8, 4) is 11.5 Å². The summed E-state index contributed by atoms with van der Waals surface area (Å²) in [6, 6.07) is 14.5. The minimum Gasteiger partial charge on any atom is -0.490 e. The molecule has 2 unspecified atom stereocenters. The van der Waals surface area contributed by atoms with Crippen LogP contribution in [0.4, 0.5) is 4.79 Å². The van der Waals surface area contributed by atoms with E-state index in [-0.39, 0.29) is 19.6 Å². The molecule has 2 aromatic carbocycles. The molecule has 7 nitrogen and oxygen atoms in total. The number of aliphatic hydroxyl groups is 2. The molecule has 150 valence electrons. The molecule has 0 radical (unpaired) electrons. The van der Waals surface area contributed by atoms with Gasteiger partial charge in [0, 0.05) is 13.0 Å². The van der Waals surface area contributed by atoms with E-state index in [9.17, 15) is 15.0 Å². The Morgan fingerprint density at radius 2 is 1.82 bits per heavy atom. The summed E-state index contributed by atoms with van der Waals surface area (Å²) in [5.41, 5.74) is 1.42. The van der Waals surface area contributed by atoms with Crippen LogP contribution in [0.5, 0.6) is 11.5 Å². The summed E-state index contributed by atoms with van der Waals surface area (Å²) >= 11 is 0. The van der Waals surface area contributed by atoms with Crippen molar-refractivity contribution < 1.29 is 29.2 Å². The molecule has 2 atom stereocenters. The molecule has 1 heterocycles. The fraction of sp³-hybridized carbons (Fsp3) is 0.381. The zero-order valence-electron chi connectivity index (χ0n) is 15.5. The van der Waals surface area contributed by atoms with Gasteiger partial charge < -0.3 is 29.7 Å². The van der Waals surface area contributed by atoms with E-state index < -0.39 is 18.3 Å². The highest BCUT2D eigenvalue weighted by Crippen LogP contribution is 2.33. The SMILES string of the molecule is O=C(NCCC(O)C(O)c1ccc2c(c1)OCCCO2)OCc1ccccc1. The number of alkyl carbamates (subject to hydrolysis) is 1. The molecule has 1 amide bonds. The van der Waals surface area contributed by atoms with E-state index in [2.05, 4.69) is 5.32 Å². The third-order valence-corrected chi connectivity index (χ3v) is 4.40. The monoisotopic (exact) mass is 387 g/mol. The van der Waals surface area contributed by atoms with E-state index in [1.54, 1.807) is 18.2 Å². The maximum atomic E-state index is 11.7. The smallest absolute Gasteiger partial charge is 0.407 e. The molecule has 0 bridgehead atoms. The zero-order valence-corrected chi connectivity index (χ0v) is 15.5. The highest BCUT2D eigenvalue weighted by Gasteiger charge is 2.21. The van der Waals surface area contributed by atoms with E-state index in [0.29, 0.717) is 30.3 Å². The van der Waals surface area contributed by atoms with Crippen LogP contribution < -0.4 is 14.8 Å². The lowest BCUT2D eigenvalue weighted by Crippen LogP contribution is -2.29. The molecule has 7 heteroatoms. The molecule has 3 rings (SSSR count). The molecular weight excluding hydrogens is 362 g/mol. The second-order valence-electron chi connectivity index (χ2n) is 6.55. The highest BCUT2D eigenvalue weighted by atomic mass is 16.5. The first-order valence-electron chi connectivity index (χ1n) is 9.34. The van der Waals surface area contributed by atoms with Gasteiger partial charge in [-0.1, -0.05) is 36.4 Å². The average molecular weight is 387 g/mol. The average Bonchev–Trinajstić information content (AvgIpc) is 2.97. The number of aliphatic hydroxyl groups excluding tert-OH is 2. The van der Waals surface area contributed by atoms with Crippen LogP contribution in [-0.2, 0) is 11.3 Å². The normalized spacial score (nSPS) is 15.2. The topological polar surface area (TPSA) is 97.3 Å². The summed E-state index contributed by atoms with van der Waals surface area (Å²) < 4.78 is 16.3. The number of fused-ring (bicyclic) bond motifs is 1. The van der Waals surface area contributed by atoms with Crippen LogP contribution in [0.3, 0.4) is 0 Å². The second-order valence-corrected chi connectivity index (χ2v) is 6.55.